The molecule has 3 rings (SSSR count). The van der Waals surface area contributed by atoms with E-state index in [4.69, 9.17) is 4.42 Å². The summed E-state index contributed by atoms with van der Waals surface area (Å²) in [5.74, 6) is 0.226. The largest absolute Gasteiger partial charge is 0.450 e. The zero-order valence-corrected chi connectivity index (χ0v) is 12.9. The summed E-state index contributed by atoms with van der Waals surface area (Å²) < 4.78 is 6.54. The average Bonchev–Trinajstić information content (AvgIpc) is 2.85. The molecule has 2 aromatic rings. The van der Waals surface area contributed by atoms with Crippen molar-refractivity contribution in [2.24, 2.45) is 0 Å². The van der Waals surface area contributed by atoms with Gasteiger partial charge in [0.1, 0.15) is 5.58 Å². The van der Waals surface area contributed by atoms with E-state index in [1.165, 1.54) is 0 Å². The zero-order chi connectivity index (χ0) is 14.2. The average molecular weight is 337 g/mol. The molecule has 0 atom stereocenters. The van der Waals surface area contributed by atoms with Crippen molar-refractivity contribution in [1.29, 1.82) is 0 Å². The number of amides is 1. The lowest BCUT2D eigenvalue weighted by atomic mass is 9.90. The second kappa shape index (κ2) is 5.22. The molecule has 4 nitrogen and oxygen atoms in total. The molecule has 1 aromatic carbocycles. The van der Waals surface area contributed by atoms with Gasteiger partial charge in [-0.25, -0.2) is 0 Å². The highest BCUT2D eigenvalue weighted by Gasteiger charge is 2.29. The van der Waals surface area contributed by atoms with Crippen LogP contribution in [0.4, 0.5) is 0 Å². The molecule has 1 fully saturated rings. The molecular weight excluding hydrogens is 320 g/mol. The van der Waals surface area contributed by atoms with Crippen molar-refractivity contribution in [3.05, 3.63) is 34.5 Å². The highest BCUT2D eigenvalue weighted by atomic mass is 79.9. The van der Waals surface area contributed by atoms with Crippen LogP contribution in [-0.2, 0) is 0 Å². The summed E-state index contributed by atoms with van der Waals surface area (Å²) >= 11 is 3.43. The number of furan rings is 1. The smallest absolute Gasteiger partial charge is 0.287 e. The number of carbonyl (C=O) groups excluding carboxylic acids is 1. The maximum absolute atomic E-state index is 12.4. The SMILES string of the molecule is CC1(NC(=O)c2cc3cccc(Br)c3o2)CCNCC1. The maximum Gasteiger partial charge on any atom is 0.287 e. The molecule has 2 heterocycles. The Bertz CT molecular complexity index is 644. The highest BCUT2D eigenvalue weighted by molar-refractivity contribution is 9.10. The fourth-order valence-electron chi connectivity index (χ4n) is 2.58. The summed E-state index contributed by atoms with van der Waals surface area (Å²) in [7, 11) is 0. The molecule has 1 amide bonds. The minimum atomic E-state index is -0.154. The van der Waals surface area contributed by atoms with E-state index in [0.717, 1.165) is 35.8 Å². The van der Waals surface area contributed by atoms with Gasteiger partial charge in [-0.15, -0.1) is 0 Å². The van der Waals surface area contributed by atoms with E-state index in [1.807, 2.05) is 18.2 Å². The van der Waals surface area contributed by atoms with E-state index in [2.05, 4.69) is 33.5 Å². The first-order valence-corrected chi connectivity index (χ1v) is 7.58. The van der Waals surface area contributed by atoms with Crippen molar-refractivity contribution in [1.82, 2.24) is 10.6 Å². The molecule has 106 valence electrons. The Morgan fingerprint density at radius 1 is 1.40 bits per heavy atom. The molecule has 1 saturated heterocycles. The van der Waals surface area contributed by atoms with Crippen LogP contribution in [0.3, 0.4) is 0 Å². The topological polar surface area (TPSA) is 54.3 Å². The van der Waals surface area contributed by atoms with Crippen LogP contribution in [0.15, 0.2) is 33.2 Å². The number of benzene rings is 1. The normalized spacial score (nSPS) is 18.1. The van der Waals surface area contributed by atoms with Crippen LogP contribution in [-0.4, -0.2) is 24.5 Å². The lowest BCUT2D eigenvalue weighted by Gasteiger charge is -2.34. The van der Waals surface area contributed by atoms with Crippen LogP contribution >= 0.6 is 15.9 Å². The van der Waals surface area contributed by atoms with Crippen molar-refractivity contribution in [3.63, 3.8) is 0 Å². The number of rotatable bonds is 2. The molecule has 2 N–H and O–H groups in total. The van der Waals surface area contributed by atoms with Gasteiger partial charge in [-0.1, -0.05) is 12.1 Å². The lowest BCUT2D eigenvalue weighted by Crippen LogP contribution is -2.52. The van der Waals surface area contributed by atoms with E-state index < -0.39 is 0 Å². The van der Waals surface area contributed by atoms with Crippen LogP contribution in [0.5, 0.6) is 0 Å². The second-order valence-electron chi connectivity index (χ2n) is 5.53. The molecule has 0 unspecified atom stereocenters. The Morgan fingerprint density at radius 3 is 2.85 bits per heavy atom. The fraction of sp³-hybridized carbons (Fsp3) is 0.400. The van der Waals surface area contributed by atoms with Gasteiger partial charge in [0.05, 0.1) is 4.47 Å². The van der Waals surface area contributed by atoms with Crippen molar-refractivity contribution >= 4 is 32.8 Å². The summed E-state index contributed by atoms with van der Waals surface area (Å²) in [6.07, 6.45) is 1.87. The third-order valence-electron chi connectivity index (χ3n) is 3.84. The molecule has 0 saturated carbocycles. The first-order chi connectivity index (χ1) is 9.57. The van der Waals surface area contributed by atoms with Gasteiger partial charge in [-0.3, -0.25) is 4.79 Å². The number of hydrogen-bond donors (Lipinski definition) is 2. The van der Waals surface area contributed by atoms with Crippen LogP contribution in [0, 0.1) is 0 Å². The molecule has 1 aliphatic heterocycles. The molecule has 1 aromatic heterocycles. The van der Waals surface area contributed by atoms with Gasteiger partial charge in [0.25, 0.3) is 5.91 Å². The Hall–Kier alpha value is -1.33. The van der Waals surface area contributed by atoms with Gasteiger partial charge in [0.15, 0.2) is 5.76 Å². The molecular formula is C15H17BrN2O2. The second-order valence-corrected chi connectivity index (χ2v) is 6.39. The predicted molar refractivity (Wildman–Crippen MR) is 81.9 cm³/mol. The maximum atomic E-state index is 12.4. The number of halogens is 1. The molecule has 0 bridgehead atoms. The third kappa shape index (κ3) is 2.60. The monoisotopic (exact) mass is 336 g/mol. The van der Waals surface area contributed by atoms with Gasteiger partial charge in [0.2, 0.25) is 0 Å². The minimum Gasteiger partial charge on any atom is -0.450 e. The highest BCUT2D eigenvalue weighted by Crippen LogP contribution is 2.27. The first-order valence-electron chi connectivity index (χ1n) is 6.79. The molecule has 1 aliphatic rings. The van der Waals surface area contributed by atoms with Crippen LogP contribution < -0.4 is 10.6 Å². The first kappa shape index (κ1) is 13.6. The standard InChI is InChI=1S/C15H17BrN2O2/c1-15(5-7-17-8-6-15)18-14(19)12-9-10-3-2-4-11(16)13(10)20-12/h2-4,9,17H,5-8H2,1H3,(H,18,19). The minimum absolute atomic E-state index is 0.141. The Kier molecular flexibility index (Phi) is 3.56. The van der Waals surface area contributed by atoms with Crippen molar-refractivity contribution in [3.8, 4) is 0 Å². The number of nitrogens with one attached hydrogen (secondary N) is 2. The van der Waals surface area contributed by atoms with Gasteiger partial charge in [-0.05, 0) is 60.9 Å². The zero-order valence-electron chi connectivity index (χ0n) is 11.3. The van der Waals surface area contributed by atoms with Crippen molar-refractivity contribution < 1.29 is 9.21 Å². The Labute approximate surface area is 126 Å². The molecule has 20 heavy (non-hydrogen) atoms. The molecule has 5 heteroatoms. The summed E-state index contributed by atoms with van der Waals surface area (Å²) in [4.78, 5) is 12.4. The van der Waals surface area contributed by atoms with E-state index in [0.29, 0.717) is 11.3 Å². The molecule has 0 radical (unpaired) electrons. The number of carbonyl (C=O) groups is 1. The van der Waals surface area contributed by atoms with E-state index in [-0.39, 0.29) is 11.4 Å². The van der Waals surface area contributed by atoms with Crippen molar-refractivity contribution in [2.45, 2.75) is 25.3 Å². The quantitative estimate of drug-likeness (QED) is 0.886. The molecule has 0 spiro atoms. The van der Waals surface area contributed by atoms with Crippen molar-refractivity contribution in [2.75, 3.05) is 13.1 Å². The molecule has 0 aliphatic carbocycles. The summed E-state index contributed by atoms with van der Waals surface area (Å²) in [5.41, 5.74) is 0.562. The Balaban J connectivity index is 1.83. The predicted octanol–water partition coefficient (Wildman–Crippen LogP) is 3.07. The number of piperidine rings is 1. The van der Waals surface area contributed by atoms with E-state index in [9.17, 15) is 4.79 Å². The fourth-order valence-corrected chi connectivity index (χ4v) is 3.04. The van der Waals surface area contributed by atoms with Crippen LogP contribution in [0.25, 0.3) is 11.0 Å². The van der Waals surface area contributed by atoms with Crippen LogP contribution in [0.1, 0.15) is 30.3 Å². The van der Waals surface area contributed by atoms with Crippen LogP contribution in [0.2, 0.25) is 0 Å². The van der Waals surface area contributed by atoms with Gasteiger partial charge in [0, 0.05) is 10.9 Å². The van der Waals surface area contributed by atoms with Gasteiger partial charge >= 0.3 is 0 Å². The van der Waals surface area contributed by atoms with E-state index >= 15 is 0 Å². The number of hydrogen-bond acceptors (Lipinski definition) is 3. The Morgan fingerprint density at radius 2 is 2.15 bits per heavy atom. The third-order valence-corrected chi connectivity index (χ3v) is 4.47. The number of fused-ring (bicyclic) bond motifs is 1. The summed E-state index contributed by atoms with van der Waals surface area (Å²) in [5, 5.41) is 7.34. The van der Waals surface area contributed by atoms with Gasteiger partial charge < -0.3 is 15.1 Å². The van der Waals surface area contributed by atoms with E-state index in [1.54, 1.807) is 6.07 Å². The van der Waals surface area contributed by atoms with Gasteiger partial charge in [-0.2, -0.15) is 0 Å². The lowest BCUT2D eigenvalue weighted by molar-refractivity contribution is 0.0861. The summed E-state index contributed by atoms with van der Waals surface area (Å²) in [6, 6.07) is 7.56. The summed E-state index contributed by atoms with van der Waals surface area (Å²) in [6.45, 7) is 3.95. The number of para-hydroxylation sites is 1.